The number of carbonyl (C=O) groups is 2. The summed E-state index contributed by atoms with van der Waals surface area (Å²) in [6.07, 6.45) is 0.704. The van der Waals surface area contributed by atoms with Gasteiger partial charge < -0.3 is 15.0 Å². The predicted molar refractivity (Wildman–Crippen MR) is 122 cm³/mol. The van der Waals surface area contributed by atoms with Gasteiger partial charge in [0.25, 0.3) is 11.8 Å². The van der Waals surface area contributed by atoms with Crippen molar-refractivity contribution in [1.82, 2.24) is 20.4 Å². The molecule has 2 heterocycles. The lowest BCUT2D eigenvalue weighted by atomic mass is 10.1. The molecule has 1 aliphatic heterocycles. The molecule has 0 bridgehead atoms. The third-order valence-corrected chi connectivity index (χ3v) is 5.60. The van der Waals surface area contributed by atoms with Crippen molar-refractivity contribution in [3.8, 4) is 5.75 Å². The number of carbonyl (C=O) groups excluding carboxylic acids is 2. The Bertz CT molecular complexity index is 1080. The minimum absolute atomic E-state index is 0.0901. The van der Waals surface area contributed by atoms with E-state index in [0.29, 0.717) is 43.1 Å². The Kier molecular flexibility index (Phi) is 6.54. The first kappa shape index (κ1) is 21.6. The summed E-state index contributed by atoms with van der Waals surface area (Å²) in [6, 6.07) is 18.7. The van der Waals surface area contributed by atoms with E-state index in [1.54, 1.807) is 23.1 Å². The number of amides is 2. The molecule has 32 heavy (non-hydrogen) atoms. The molecule has 0 radical (unpaired) electrons. The standard InChI is InChI=1S/C25H28N4O3/c1-17(2)21-14-22(28-27-21)25(31)29-13-12-19(15-29)26-24(30)20-10-6-7-11-23(20)32-16-18-8-4-3-5-9-18/h3-11,14,17,19H,12-13,15-16H2,1-2H3,(H,26,30)(H,27,28). The van der Waals surface area contributed by atoms with Gasteiger partial charge in [0, 0.05) is 19.1 Å². The molecule has 0 saturated carbocycles. The van der Waals surface area contributed by atoms with E-state index < -0.39 is 0 Å². The zero-order chi connectivity index (χ0) is 22.5. The molecule has 2 aromatic carbocycles. The van der Waals surface area contributed by atoms with Gasteiger partial charge in [-0.3, -0.25) is 14.7 Å². The summed E-state index contributed by atoms with van der Waals surface area (Å²) in [4.78, 5) is 27.5. The molecule has 1 atom stereocenters. The number of aromatic nitrogens is 2. The number of hydrogen-bond donors (Lipinski definition) is 2. The quantitative estimate of drug-likeness (QED) is 0.595. The summed E-state index contributed by atoms with van der Waals surface area (Å²) in [7, 11) is 0. The van der Waals surface area contributed by atoms with Crippen LogP contribution in [0.2, 0.25) is 0 Å². The molecule has 3 aromatic rings. The number of para-hydroxylation sites is 1. The summed E-state index contributed by atoms with van der Waals surface area (Å²) >= 11 is 0. The fourth-order valence-corrected chi connectivity index (χ4v) is 3.75. The molecule has 0 aliphatic carbocycles. The molecule has 1 unspecified atom stereocenters. The number of aromatic amines is 1. The molecule has 166 valence electrons. The van der Waals surface area contributed by atoms with Crippen molar-refractivity contribution >= 4 is 11.8 Å². The van der Waals surface area contributed by atoms with Gasteiger partial charge >= 0.3 is 0 Å². The number of rotatable bonds is 7. The molecule has 2 amide bonds. The maximum atomic E-state index is 12.9. The van der Waals surface area contributed by atoms with Gasteiger partial charge in [-0.05, 0) is 36.1 Å². The number of hydrogen-bond acceptors (Lipinski definition) is 4. The summed E-state index contributed by atoms with van der Waals surface area (Å²) < 4.78 is 5.91. The van der Waals surface area contributed by atoms with Crippen LogP contribution in [-0.4, -0.2) is 46.0 Å². The van der Waals surface area contributed by atoms with E-state index in [1.165, 1.54) is 0 Å². The van der Waals surface area contributed by atoms with Crippen LogP contribution in [0.25, 0.3) is 0 Å². The molecule has 7 heteroatoms. The van der Waals surface area contributed by atoms with E-state index >= 15 is 0 Å². The van der Waals surface area contributed by atoms with Gasteiger partial charge in [0.15, 0.2) is 0 Å². The van der Waals surface area contributed by atoms with Crippen LogP contribution in [0.1, 0.15) is 58.3 Å². The lowest BCUT2D eigenvalue weighted by Gasteiger charge is -2.17. The molecular weight excluding hydrogens is 404 g/mol. The van der Waals surface area contributed by atoms with Crippen molar-refractivity contribution < 1.29 is 14.3 Å². The zero-order valence-corrected chi connectivity index (χ0v) is 18.4. The first-order valence-corrected chi connectivity index (χ1v) is 10.9. The van der Waals surface area contributed by atoms with Gasteiger partial charge in [-0.1, -0.05) is 56.3 Å². The highest BCUT2D eigenvalue weighted by molar-refractivity contribution is 5.97. The average Bonchev–Trinajstić information content (AvgIpc) is 3.48. The highest BCUT2D eigenvalue weighted by Gasteiger charge is 2.29. The van der Waals surface area contributed by atoms with Crippen molar-refractivity contribution in [3.05, 3.63) is 83.2 Å². The van der Waals surface area contributed by atoms with Crippen LogP contribution < -0.4 is 10.1 Å². The summed E-state index contributed by atoms with van der Waals surface area (Å²) in [5, 5.41) is 10.1. The normalized spacial score (nSPS) is 15.7. The summed E-state index contributed by atoms with van der Waals surface area (Å²) in [6.45, 7) is 5.51. The second-order valence-corrected chi connectivity index (χ2v) is 8.34. The third kappa shape index (κ3) is 4.99. The molecule has 1 saturated heterocycles. The second kappa shape index (κ2) is 9.68. The predicted octanol–water partition coefficient (Wildman–Crippen LogP) is 3.76. The van der Waals surface area contributed by atoms with Gasteiger partial charge in [-0.25, -0.2) is 0 Å². The van der Waals surface area contributed by atoms with Crippen molar-refractivity contribution in [2.45, 2.75) is 38.8 Å². The zero-order valence-electron chi connectivity index (χ0n) is 18.4. The van der Waals surface area contributed by atoms with Crippen LogP contribution in [-0.2, 0) is 6.61 Å². The van der Waals surface area contributed by atoms with Gasteiger partial charge in [0.05, 0.1) is 11.3 Å². The van der Waals surface area contributed by atoms with Crippen LogP contribution in [0.5, 0.6) is 5.75 Å². The molecular formula is C25H28N4O3. The molecule has 0 spiro atoms. The fraction of sp³-hybridized carbons (Fsp3) is 0.320. The lowest BCUT2D eigenvalue weighted by molar-refractivity contribution is 0.0777. The van der Waals surface area contributed by atoms with Crippen LogP contribution in [0, 0.1) is 0 Å². The summed E-state index contributed by atoms with van der Waals surface area (Å²) in [5.74, 6) is 0.505. The Hall–Kier alpha value is -3.61. The Labute approximate surface area is 187 Å². The first-order chi connectivity index (χ1) is 15.5. The van der Waals surface area contributed by atoms with Gasteiger partial charge in [-0.15, -0.1) is 0 Å². The SMILES string of the molecule is CC(C)c1cc(C(=O)N2CCC(NC(=O)c3ccccc3OCc3ccccc3)C2)[nH]n1. The minimum Gasteiger partial charge on any atom is -0.488 e. The third-order valence-electron chi connectivity index (χ3n) is 5.60. The largest absolute Gasteiger partial charge is 0.488 e. The Balaban J connectivity index is 1.36. The van der Waals surface area contributed by atoms with Crippen LogP contribution in [0.4, 0.5) is 0 Å². The van der Waals surface area contributed by atoms with Gasteiger partial charge in [0.1, 0.15) is 18.1 Å². The van der Waals surface area contributed by atoms with Gasteiger partial charge in [0.2, 0.25) is 0 Å². The van der Waals surface area contributed by atoms with E-state index in [1.807, 2.05) is 56.3 Å². The Morgan fingerprint density at radius 2 is 1.91 bits per heavy atom. The van der Waals surface area contributed by atoms with E-state index in [0.717, 1.165) is 11.3 Å². The van der Waals surface area contributed by atoms with Crippen molar-refractivity contribution in [1.29, 1.82) is 0 Å². The number of H-pyrrole nitrogens is 1. The maximum absolute atomic E-state index is 12.9. The molecule has 4 rings (SSSR count). The Morgan fingerprint density at radius 1 is 1.16 bits per heavy atom. The molecule has 7 nitrogen and oxygen atoms in total. The first-order valence-electron chi connectivity index (χ1n) is 10.9. The molecule has 2 N–H and O–H groups in total. The average molecular weight is 433 g/mol. The molecule has 1 aromatic heterocycles. The highest BCUT2D eigenvalue weighted by atomic mass is 16.5. The van der Waals surface area contributed by atoms with Crippen molar-refractivity contribution in [2.24, 2.45) is 0 Å². The maximum Gasteiger partial charge on any atom is 0.271 e. The number of likely N-dealkylation sites (tertiary alicyclic amines) is 1. The number of nitrogens with one attached hydrogen (secondary N) is 2. The number of benzene rings is 2. The van der Waals surface area contributed by atoms with Gasteiger partial charge in [-0.2, -0.15) is 5.10 Å². The fourth-order valence-electron chi connectivity index (χ4n) is 3.75. The summed E-state index contributed by atoms with van der Waals surface area (Å²) in [5.41, 5.74) is 2.88. The number of nitrogens with zero attached hydrogens (tertiary/aromatic N) is 2. The lowest BCUT2D eigenvalue weighted by Crippen LogP contribution is -2.38. The van der Waals surface area contributed by atoms with E-state index in [-0.39, 0.29) is 23.8 Å². The minimum atomic E-state index is -0.198. The molecule has 1 aliphatic rings. The Morgan fingerprint density at radius 3 is 2.66 bits per heavy atom. The monoisotopic (exact) mass is 432 g/mol. The van der Waals surface area contributed by atoms with E-state index in [4.69, 9.17) is 4.74 Å². The van der Waals surface area contributed by atoms with Crippen molar-refractivity contribution in [2.75, 3.05) is 13.1 Å². The van der Waals surface area contributed by atoms with Crippen molar-refractivity contribution in [3.63, 3.8) is 0 Å². The van der Waals surface area contributed by atoms with E-state index in [2.05, 4.69) is 15.5 Å². The smallest absolute Gasteiger partial charge is 0.271 e. The van der Waals surface area contributed by atoms with E-state index in [9.17, 15) is 9.59 Å². The molecule has 1 fully saturated rings. The van der Waals surface area contributed by atoms with Crippen LogP contribution >= 0.6 is 0 Å². The van der Waals surface area contributed by atoms with Crippen LogP contribution in [0.15, 0.2) is 60.7 Å². The second-order valence-electron chi connectivity index (χ2n) is 8.34. The topological polar surface area (TPSA) is 87.3 Å². The highest BCUT2D eigenvalue weighted by Crippen LogP contribution is 2.21. The number of ether oxygens (including phenoxy) is 1. The van der Waals surface area contributed by atoms with Crippen LogP contribution in [0.3, 0.4) is 0 Å².